The molecule has 1 aromatic carbocycles. The van der Waals surface area contributed by atoms with Crippen molar-refractivity contribution in [2.24, 2.45) is 0 Å². The molecule has 20 heavy (non-hydrogen) atoms. The van der Waals surface area contributed by atoms with E-state index in [4.69, 9.17) is 0 Å². The SMILES string of the molecule is CN(CCN1CCNCC1)Cc1cccc(C(F)F)c1. The van der Waals surface area contributed by atoms with E-state index in [-0.39, 0.29) is 5.56 Å². The highest BCUT2D eigenvalue weighted by Crippen LogP contribution is 2.19. The maximum Gasteiger partial charge on any atom is 0.263 e. The quantitative estimate of drug-likeness (QED) is 0.861. The third-order valence-corrected chi connectivity index (χ3v) is 3.66. The second-order valence-corrected chi connectivity index (χ2v) is 5.38. The third-order valence-electron chi connectivity index (χ3n) is 3.66. The highest BCUT2D eigenvalue weighted by molar-refractivity contribution is 5.24. The fourth-order valence-electron chi connectivity index (χ4n) is 2.46. The summed E-state index contributed by atoms with van der Waals surface area (Å²) >= 11 is 0. The van der Waals surface area contributed by atoms with Crippen LogP contribution in [0.2, 0.25) is 0 Å². The van der Waals surface area contributed by atoms with Crippen molar-refractivity contribution in [2.75, 3.05) is 46.3 Å². The van der Waals surface area contributed by atoms with E-state index < -0.39 is 6.43 Å². The van der Waals surface area contributed by atoms with Gasteiger partial charge in [0.2, 0.25) is 0 Å². The van der Waals surface area contributed by atoms with Crippen LogP contribution in [0.5, 0.6) is 0 Å². The van der Waals surface area contributed by atoms with Crippen LogP contribution in [0.15, 0.2) is 24.3 Å². The molecule has 0 atom stereocenters. The van der Waals surface area contributed by atoms with Gasteiger partial charge in [0.25, 0.3) is 6.43 Å². The zero-order valence-electron chi connectivity index (χ0n) is 12.0. The Labute approximate surface area is 119 Å². The van der Waals surface area contributed by atoms with E-state index in [0.717, 1.165) is 44.8 Å². The average molecular weight is 283 g/mol. The first-order valence-electron chi connectivity index (χ1n) is 7.14. The monoisotopic (exact) mass is 283 g/mol. The predicted molar refractivity (Wildman–Crippen MR) is 77.0 cm³/mol. The Morgan fingerprint density at radius 3 is 2.75 bits per heavy atom. The number of halogens is 2. The molecule has 2 rings (SSSR count). The van der Waals surface area contributed by atoms with Crippen LogP contribution in [0.25, 0.3) is 0 Å². The number of piperazine rings is 1. The van der Waals surface area contributed by atoms with Crippen LogP contribution in [0.1, 0.15) is 17.6 Å². The lowest BCUT2D eigenvalue weighted by Gasteiger charge is -2.29. The Kier molecular flexibility index (Phi) is 5.88. The van der Waals surface area contributed by atoms with E-state index in [1.54, 1.807) is 12.1 Å². The molecule has 0 radical (unpaired) electrons. The van der Waals surface area contributed by atoms with Gasteiger partial charge in [0.05, 0.1) is 0 Å². The molecule has 1 saturated heterocycles. The molecule has 1 aromatic rings. The fraction of sp³-hybridized carbons (Fsp3) is 0.600. The average Bonchev–Trinajstić information content (AvgIpc) is 2.46. The van der Waals surface area contributed by atoms with Crippen molar-refractivity contribution in [3.8, 4) is 0 Å². The van der Waals surface area contributed by atoms with Gasteiger partial charge >= 0.3 is 0 Å². The van der Waals surface area contributed by atoms with E-state index >= 15 is 0 Å². The summed E-state index contributed by atoms with van der Waals surface area (Å²) in [6, 6.07) is 6.70. The molecule has 1 N–H and O–H groups in total. The first-order valence-corrected chi connectivity index (χ1v) is 7.14. The molecule has 0 amide bonds. The normalized spacial score (nSPS) is 17.1. The van der Waals surface area contributed by atoms with Crippen molar-refractivity contribution in [2.45, 2.75) is 13.0 Å². The Balaban J connectivity index is 1.78. The maximum absolute atomic E-state index is 12.6. The van der Waals surface area contributed by atoms with Crippen LogP contribution < -0.4 is 5.32 Å². The van der Waals surface area contributed by atoms with Gasteiger partial charge < -0.3 is 10.2 Å². The minimum Gasteiger partial charge on any atom is -0.314 e. The van der Waals surface area contributed by atoms with Gasteiger partial charge in [0.15, 0.2) is 0 Å². The molecule has 0 aliphatic carbocycles. The highest BCUT2D eigenvalue weighted by Gasteiger charge is 2.11. The van der Waals surface area contributed by atoms with Crippen molar-refractivity contribution in [3.63, 3.8) is 0 Å². The van der Waals surface area contributed by atoms with Crippen molar-refractivity contribution in [3.05, 3.63) is 35.4 Å². The molecule has 0 spiro atoms. The Bertz CT molecular complexity index is 406. The first kappa shape index (κ1) is 15.4. The van der Waals surface area contributed by atoms with E-state index in [9.17, 15) is 8.78 Å². The summed E-state index contributed by atoms with van der Waals surface area (Å²) in [6.07, 6.45) is -2.39. The third kappa shape index (κ3) is 4.81. The number of likely N-dealkylation sites (N-methyl/N-ethyl adjacent to an activating group) is 1. The topological polar surface area (TPSA) is 18.5 Å². The molecule has 0 unspecified atom stereocenters. The van der Waals surface area contributed by atoms with Gasteiger partial charge in [-0.3, -0.25) is 4.90 Å². The molecular formula is C15H23F2N3. The molecule has 0 saturated carbocycles. The predicted octanol–water partition coefficient (Wildman–Crippen LogP) is 1.96. The van der Waals surface area contributed by atoms with E-state index in [0.29, 0.717) is 6.54 Å². The van der Waals surface area contributed by atoms with E-state index in [2.05, 4.69) is 15.1 Å². The largest absolute Gasteiger partial charge is 0.314 e. The van der Waals surface area contributed by atoms with Crippen LogP contribution in [-0.2, 0) is 6.54 Å². The minimum absolute atomic E-state index is 0.109. The summed E-state index contributed by atoms with van der Waals surface area (Å²) in [5, 5.41) is 3.33. The lowest BCUT2D eigenvalue weighted by molar-refractivity contribution is 0.151. The fourth-order valence-corrected chi connectivity index (χ4v) is 2.46. The zero-order valence-corrected chi connectivity index (χ0v) is 12.0. The summed E-state index contributed by atoms with van der Waals surface area (Å²) in [5.41, 5.74) is 1.06. The summed E-state index contributed by atoms with van der Waals surface area (Å²) < 4.78 is 25.3. The van der Waals surface area contributed by atoms with Crippen molar-refractivity contribution >= 4 is 0 Å². The lowest BCUT2D eigenvalue weighted by Crippen LogP contribution is -2.45. The number of alkyl halides is 2. The number of nitrogens with zero attached hydrogens (tertiary/aromatic N) is 2. The Hall–Kier alpha value is -1.04. The van der Waals surface area contributed by atoms with Crippen molar-refractivity contribution in [1.82, 2.24) is 15.1 Å². The molecule has 1 aliphatic rings. The van der Waals surface area contributed by atoms with Crippen LogP contribution in [0.3, 0.4) is 0 Å². The van der Waals surface area contributed by atoms with Gasteiger partial charge in [-0.2, -0.15) is 0 Å². The second kappa shape index (κ2) is 7.67. The van der Waals surface area contributed by atoms with Gasteiger partial charge in [0.1, 0.15) is 0 Å². The van der Waals surface area contributed by atoms with Gasteiger partial charge in [0, 0.05) is 51.4 Å². The van der Waals surface area contributed by atoms with Crippen molar-refractivity contribution < 1.29 is 8.78 Å². The zero-order chi connectivity index (χ0) is 14.4. The van der Waals surface area contributed by atoms with Gasteiger partial charge in [-0.05, 0) is 18.7 Å². The van der Waals surface area contributed by atoms with Crippen LogP contribution >= 0.6 is 0 Å². The van der Waals surface area contributed by atoms with E-state index in [1.165, 1.54) is 6.07 Å². The molecule has 1 aliphatic heterocycles. The molecule has 1 heterocycles. The molecular weight excluding hydrogens is 260 g/mol. The Morgan fingerprint density at radius 2 is 2.05 bits per heavy atom. The van der Waals surface area contributed by atoms with Gasteiger partial charge in [-0.1, -0.05) is 18.2 Å². The number of hydrogen-bond acceptors (Lipinski definition) is 3. The lowest BCUT2D eigenvalue weighted by atomic mass is 10.1. The van der Waals surface area contributed by atoms with Crippen LogP contribution in [-0.4, -0.2) is 56.1 Å². The van der Waals surface area contributed by atoms with Gasteiger partial charge in [-0.25, -0.2) is 8.78 Å². The molecule has 0 aromatic heterocycles. The summed E-state index contributed by atoms with van der Waals surface area (Å²) in [5.74, 6) is 0. The van der Waals surface area contributed by atoms with E-state index in [1.807, 2.05) is 13.1 Å². The highest BCUT2D eigenvalue weighted by atomic mass is 19.3. The maximum atomic E-state index is 12.6. The smallest absolute Gasteiger partial charge is 0.263 e. The standard InChI is InChI=1S/C15H23F2N3/c1-19(9-10-20-7-5-18-6-8-20)12-13-3-2-4-14(11-13)15(16)17/h2-4,11,15,18H,5-10,12H2,1H3. The number of benzene rings is 1. The number of rotatable bonds is 6. The number of hydrogen-bond donors (Lipinski definition) is 1. The van der Waals surface area contributed by atoms with Crippen LogP contribution in [0.4, 0.5) is 8.78 Å². The molecule has 0 bridgehead atoms. The summed E-state index contributed by atoms with van der Waals surface area (Å²) in [4.78, 5) is 4.62. The number of nitrogens with one attached hydrogen (secondary N) is 1. The van der Waals surface area contributed by atoms with Crippen molar-refractivity contribution in [1.29, 1.82) is 0 Å². The summed E-state index contributed by atoms with van der Waals surface area (Å²) in [7, 11) is 2.04. The first-order chi connectivity index (χ1) is 9.65. The molecule has 3 nitrogen and oxygen atoms in total. The summed E-state index contributed by atoms with van der Waals surface area (Å²) in [6.45, 7) is 7.00. The molecule has 5 heteroatoms. The minimum atomic E-state index is -2.39. The van der Waals surface area contributed by atoms with Gasteiger partial charge in [-0.15, -0.1) is 0 Å². The van der Waals surface area contributed by atoms with Crippen LogP contribution in [0, 0.1) is 0 Å². The molecule has 112 valence electrons. The molecule has 1 fully saturated rings. The Morgan fingerprint density at radius 1 is 1.30 bits per heavy atom. The second-order valence-electron chi connectivity index (χ2n) is 5.38.